The molecule has 0 N–H and O–H groups in total. The molecular formula is C22H17NO2. The molecule has 0 fully saturated rings. The molecule has 0 aromatic heterocycles. The van der Waals surface area contributed by atoms with Gasteiger partial charge in [-0.2, -0.15) is 0 Å². The molecule has 122 valence electrons. The van der Waals surface area contributed by atoms with E-state index >= 15 is 0 Å². The predicted molar refractivity (Wildman–Crippen MR) is 104 cm³/mol. The lowest BCUT2D eigenvalue weighted by Gasteiger charge is -1.98. The van der Waals surface area contributed by atoms with Gasteiger partial charge in [0.15, 0.2) is 0 Å². The summed E-state index contributed by atoms with van der Waals surface area (Å²) >= 11 is 0. The van der Waals surface area contributed by atoms with E-state index in [-0.39, 0.29) is 5.69 Å². The molecule has 0 saturated heterocycles. The number of hydrogen-bond acceptors (Lipinski definition) is 2. The summed E-state index contributed by atoms with van der Waals surface area (Å²) in [4.78, 5) is 10.3. The molecule has 3 aromatic rings. The van der Waals surface area contributed by atoms with Gasteiger partial charge in [-0.3, -0.25) is 10.1 Å². The Hall–Kier alpha value is -3.46. The highest BCUT2D eigenvalue weighted by atomic mass is 16.6. The molecule has 0 unspecified atom stereocenters. The molecule has 0 saturated carbocycles. The Labute approximate surface area is 146 Å². The van der Waals surface area contributed by atoms with Gasteiger partial charge in [0, 0.05) is 12.1 Å². The first kappa shape index (κ1) is 16.4. The molecule has 0 spiro atoms. The molecule has 0 aliphatic rings. The molecule has 0 aliphatic carbocycles. The van der Waals surface area contributed by atoms with E-state index in [4.69, 9.17) is 0 Å². The van der Waals surface area contributed by atoms with Gasteiger partial charge >= 0.3 is 0 Å². The Morgan fingerprint density at radius 2 is 0.920 bits per heavy atom. The zero-order valence-electron chi connectivity index (χ0n) is 13.6. The first-order chi connectivity index (χ1) is 12.2. The zero-order chi connectivity index (χ0) is 17.5. The maximum Gasteiger partial charge on any atom is 0.269 e. The Morgan fingerprint density at radius 1 is 0.560 bits per heavy atom. The third kappa shape index (κ3) is 4.75. The molecule has 0 amide bonds. The van der Waals surface area contributed by atoms with Crippen molar-refractivity contribution in [2.45, 2.75) is 0 Å². The highest BCUT2D eigenvalue weighted by Crippen LogP contribution is 2.15. The smallest absolute Gasteiger partial charge is 0.258 e. The molecule has 3 aromatic carbocycles. The largest absolute Gasteiger partial charge is 0.269 e. The maximum absolute atomic E-state index is 10.6. The SMILES string of the molecule is O=[N+]([O-])c1ccc(/C=C/c2ccc(/C=C/c3ccccc3)cc2)cc1. The van der Waals surface area contributed by atoms with Crippen molar-refractivity contribution in [1.82, 2.24) is 0 Å². The van der Waals surface area contributed by atoms with E-state index in [1.165, 1.54) is 17.7 Å². The molecule has 3 rings (SSSR count). The number of benzene rings is 3. The molecule has 0 aliphatic heterocycles. The maximum atomic E-state index is 10.6. The van der Waals surface area contributed by atoms with Crippen LogP contribution >= 0.6 is 0 Å². The first-order valence-electron chi connectivity index (χ1n) is 7.96. The van der Waals surface area contributed by atoms with Gasteiger partial charge in [-0.05, 0) is 34.4 Å². The lowest BCUT2D eigenvalue weighted by Crippen LogP contribution is -1.86. The quantitative estimate of drug-likeness (QED) is 0.331. The minimum absolute atomic E-state index is 0.103. The fourth-order valence-corrected chi connectivity index (χ4v) is 2.37. The van der Waals surface area contributed by atoms with Crippen LogP contribution < -0.4 is 0 Å². The summed E-state index contributed by atoms with van der Waals surface area (Å²) < 4.78 is 0. The van der Waals surface area contributed by atoms with Crippen LogP contribution in [0.4, 0.5) is 5.69 Å². The summed E-state index contributed by atoms with van der Waals surface area (Å²) in [6.07, 6.45) is 8.10. The predicted octanol–water partition coefficient (Wildman–Crippen LogP) is 5.94. The number of hydrogen-bond donors (Lipinski definition) is 0. The van der Waals surface area contributed by atoms with Crippen molar-refractivity contribution >= 4 is 30.0 Å². The summed E-state index contributed by atoms with van der Waals surface area (Å²) in [5.41, 5.74) is 4.42. The van der Waals surface area contributed by atoms with Gasteiger partial charge in [0.25, 0.3) is 5.69 Å². The van der Waals surface area contributed by atoms with Gasteiger partial charge in [-0.25, -0.2) is 0 Å². The van der Waals surface area contributed by atoms with Crippen molar-refractivity contribution in [3.8, 4) is 0 Å². The summed E-state index contributed by atoms with van der Waals surface area (Å²) in [6, 6.07) is 24.9. The number of nitro groups is 1. The van der Waals surface area contributed by atoms with Crippen LogP contribution in [-0.2, 0) is 0 Å². The van der Waals surface area contributed by atoms with E-state index in [1.54, 1.807) is 12.1 Å². The topological polar surface area (TPSA) is 43.1 Å². The highest BCUT2D eigenvalue weighted by molar-refractivity contribution is 5.73. The van der Waals surface area contributed by atoms with Crippen LogP contribution in [0.25, 0.3) is 24.3 Å². The van der Waals surface area contributed by atoms with Crippen molar-refractivity contribution in [3.05, 3.63) is 111 Å². The fraction of sp³-hybridized carbons (Fsp3) is 0. The normalized spacial score (nSPS) is 11.2. The van der Waals surface area contributed by atoms with Crippen LogP contribution in [0.5, 0.6) is 0 Å². The van der Waals surface area contributed by atoms with Crippen LogP contribution in [0.3, 0.4) is 0 Å². The monoisotopic (exact) mass is 327 g/mol. The van der Waals surface area contributed by atoms with Crippen molar-refractivity contribution in [3.63, 3.8) is 0 Å². The lowest BCUT2D eigenvalue weighted by atomic mass is 10.1. The molecule has 0 heterocycles. The fourth-order valence-electron chi connectivity index (χ4n) is 2.37. The molecule has 0 bridgehead atoms. The molecule has 0 atom stereocenters. The average Bonchev–Trinajstić information content (AvgIpc) is 2.67. The number of nitrogens with zero attached hydrogens (tertiary/aromatic N) is 1. The Morgan fingerprint density at radius 3 is 1.32 bits per heavy atom. The van der Waals surface area contributed by atoms with Crippen molar-refractivity contribution in [2.75, 3.05) is 0 Å². The van der Waals surface area contributed by atoms with Crippen LogP contribution in [0, 0.1) is 10.1 Å². The van der Waals surface area contributed by atoms with Crippen LogP contribution in [0.2, 0.25) is 0 Å². The van der Waals surface area contributed by atoms with Gasteiger partial charge in [0.2, 0.25) is 0 Å². The van der Waals surface area contributed by atoms with Crippen LogP contribution in [0.15, 0.2) is 78.9 Å². The zero-order valence-corrected chi connectivity index (χ0v) is 13.6. The lowest BCUT2D eigenvalue weighted by molar-refractivity contribution is -0.384. The van der Waals surface area contributed by atoms with E-state index in [2.05, 4.69) is 36.4 Å². The highest BCUT2D eigenvalue weighted by Gasteiger charge is 2.02. The number of non-ortho nitro benzene ring substituents is 1. The average molecular weight is 327 g/mol. The van der Waals surface area contributed by atoms with Crippen molar-refractivity contribution < 1.29 is 4.92 Å². The van der Waals surface area contributed by atoms with Crippen molar-refractivity contribution in [1.29, 1.82) is 0 Å². The second-order valence-corrected chi connectivity index (χ2v) is 5.59. The van der Waals surface area contributed by atoms with E-state index in [0.717, 1.165) is 16.7 Å². The minimum atomic E-state index is -0.394. The Kier molecular flexibility index (Phi) is 5.17. The Balaban J connectivity index is 1.66. The van der Waals surface area contributed by atoms with E-state index < -0.39 is 4.92 Å². The van der Waals surface area contributed by atoms with Gasteiger partial charge in [-0.1, -0.05) is 78.9 Å². The Bertz CT molecular complexity index is 893. The number of rotatable bonds is 5. The van der Waals surface area contributed by atoms with Gasteiger partial charge in [0.05, 0.1) is 4.92 Å². The third-order valence-corrected chi connectivity index (χ3v) is 3.78. The van der Waals surface area contributed by atoms with E-state index in [0.29, 0.717) is 0 Å². The standard InChI is InChI=1S/C22H17NO2/c24-23(25)22-16-14-21(15-17-22)13-12-20-10-8-19(9-11-20)7-6-18-4-2-1-3-5-18/h1-17H/b7-6+,13-12+. The van der Waals surface area contributed by atoms with Crippen LogP contribution in [-0.4, -0.2) is 4.92 Å². The number of nitro benzene ring substituents is 1. The molecule has 0 radical (unpaired) electrons. The third-order valence-electron chi connectivity index (χ3n) is 3.78. The molecule has 3 nitrogen and oxygen atoms in total. The summed E-state index contributed by atoms with van der Waals surface area (Å²) in [5.74, 6) is 0. The van der Waals surface area contributed by atoms with Crippen LogP contribution in [0.1, 0.15) is 22.3 Å². The summed E-state index contributed by atoms with van der Waals surface area (Å²) in [5, 5.41) is 10.6. The summed E-state index contributed by atoms with van der Waals surface area (Å²) in [7, 11) is 0. The summed E-state index contributed by atoms with van der Waals surface area (Å²) in [6.45, 7) is 0. The first-order valence-corrected chi connectivity index (χ1v) is 7.96. The van der Waals surface area contributed by atoms with E-state index in [1.807, 2.05) is 42.5 Å². The van der Waals surface area contributed by atoms with Gasteiger partial charge < -0.3 is 0 Å². The molecule has 3 heteroatoms. The minimum Gasteiger partial charge on any atom is -0.258 e. The van der Waals surface area contributed by atoms with Gasteiger partial charge in [0.1, 0.15) is 0 Å². The second-order valence-electron chi connectivity index (χ2n) is 5.59. The van der Waals surface area contributed by atoms with Crippen molar-refractivity contribution in [2.24, 2.45) is 0 Å². The van der Waals surface area contributed by atoms with Gasteiger partial charge in [-0.15, -0.1) is 0 Å². The van der Waals surface area contributed by atoms with E-state index in [9.17, 15) is 10.1 Å². The molecule has 25 heavy (non-hydrogen) atoms. The second kappa shape index (κ2) is 7.88. The molecular weight excluding hydrogens is 310 g/mol.